The van der Waals surface area contributed by atoms with Gasteiger partial charge in [0, 0.05) is 49.7 Å². The van der Waals surface area contributed by atoms with E-state index in [9.17, 15) is 0 Å². The highest BCUT2D eigenvalue weighted by molar-refractivity contribution is 6.10. The molecule has 0 amide bonds. The van der Waals surface area contributed by atoms with E-state index >= 15 is 0 Å². The van der Waals surface area contributed by atoms with Gasteiger partial charge in [-0.3, -0.25) is 0 Å². The summed E-state index contributed by atoms with van der Waals surface area (Å²) in [5, 5.41) is 4.52. The van der Waals surface area contributed by atoms with E-state index in [0.29, 0.717) is 0 Å². The van der Waals surface area contributed by atoms with Crippen LogP contribution in [0.2, 0.25) is 0 Å². The number of hydrogen-bond donors (Lipinski definition) is 0. The normalized spacial score (nSPS) is 11.6. The monoisotopic (exact) mass is 757 g/mol. The van der Waals surface area contributed by atoms with Gasteiger partial charge in [0.25, 0.3) is 0 Å². The molecule has 0 aliphatic carbocycles. The van der Waals surface area contributed by atoms with E-state index in [1.165, 1.54) is 33.4 Å². The topological polar surface area (TPSA) is 29.5 Å². The number of nitrogens with zero attached hydrogens (tertiary/aromatic N) is 1. The first-order valence-electron chi connectivity index (χ1n) is 20.1. The van der Waals surface area contributed by atoms with Crippen molar-refractivity contribution in [1.29, 1.82) is 0 Å². The van der Waals surface area contributed by atoms with Crippen LogP contribution >= 0.6 is 0 Å². The molecule has 0 saturated carbocycles. The molecule has 0 fully saturated rings. The van der Waals surface area contributed by atoms with Crippen LogP contribution in [0.4, 0.5) is 17.1 Å². The average Bonchev–Trinajstić information content (AvgIpc) is 3.86. The van der Waals surface area contributed by atoms with Gasteiger partial charge in [0.05, 0.1) is 0 Å². The van der Waals surface area contributed by atoms with E-state index in [0.717, 1.165) is 83.2 Å². The van der Waals surface area contributed by atoms with Crippen LogP contribution in [-0.4, -0.2) is 0 Å². The molecule has 0 N–H and O–H groups in total. The minimum atomic E-state index is 0.901. The molecular formula is C56H39NO2. The molecule has 3 nitrogen and oxygen atoms in total. The first-order valence-corrected chi connectivity index (χ1v) is 20.1. The molecular weight excluding hydrogens is 719 g/mol. The summed E-state index contributed by atoms with van der Waals surface area (Å²) < 4.78 is 12.8. The molecule has 0 spiro atoms. The number of hydrogen-bond acceptors (Lipinski definition) is 3. The van der Waals surface area contributed by atoms with Gasteiger partial charge in [0.1, 0.15) is 22.3 Å². The van der Waals surface area contributed by atoms with Gasteiger partial charge in [-0.2, -0.15) is 0 Å². The molecule has 0 atom stereocenters. The molecule has 0 bridgehead atoms. The Balaban J connectivity index is 0.966. The molecule has 3 heteroatoms. The zero-order chi connectivity index (χ0) is 39.5. The summed E-state index contributed by atoms with van der Waals surface area (Å²) in [4.78, 5) is 2.32. The predicted octanol–water partition coefficient (Wildman–Crippen LogP) is 16.2. The van der Waals surface area contributed by atoms with Crippen molar-refractivity contribution >= 4 is 60.9 Å². The minimum Gasteiger partial charge on any atom is -0.455 e. The molecule has 59 heavy (non-hydrogen) atoms. The molecule has 280 valence electrons. The van der Waals surface area contributed by atoms with Crippen molar-refractivity contribution in [2.75, 3.05) is 4.90 Å². The molecule has 0 aliphatic heterocycles. The maximum absolute atomic E-state index is 6.41. The fraction of sp³-hybridized carbons (Fsp3) is 0.0357. The van der Waals surface area contributed by atoms with Crippen LogP contribution in [0.15, 0.2) is 209 Å². The van der Waals surface area contributed by atoms with Crippen molar-refractivity contribution in [2.45, 2.75) is 13.8 Å². The number of benzene rings is 9. The second-order valence-electron chi connectivity index (χ2n) is 15.5. The second kappa shape index (κ2) is 14.1. The third-order valence-corrected chi connectivity index (χ3v) is 11.6. The lowest BCUT2D eigenvalue weighted by atomic mass is 9.97. The Morgan fingerprint density at radius 2 is 0.661 bits per heavy atom. The summed E-state index contributed by atoms with van der Waals surface area (Å²) in [7, 11) is 0. The van der Waals surface area contributed by atoms with Gasteiger partial charge in [-0.15, -0.1) is 0 Å². The number of rotatable bonds is 7. The predicted molar refractivity (Wildman–Crippen MR) is 247 cm³/mol. The lowest BCUT2D eigenvalue weighted by Gasteiger charge is -2.26. The summed E-state index contributed by atoms with van der Waals surface area (Å²) >= 11 is 0. The van der Waals surface area contributed by atoms with E-state index in [1.807, 2.05) is 24.3 Å². The van der Waals surface area contributed by atoms with Crippen LogP contribution < -0.4 is 4.90 Å². The third-order valence-electron chi connectivity index (χ3n) is 11.6. The zero-order valence-electron chi connectivity index (χ0n) is 32.8. The summed E-state index contributed by atoms with van der Waals surface area (Å²) in [6.07, 6.45) is 0. The lowest BCUT2D eigenvalue weighted by Crippen LogP contribution is -2.09. The Morgan fingerprint density at radius 3 is 1.10 bits per heavy atom. The zero-order valence-corrected chi connectivity index (χ0v) is 32.8. The van der Waals surface area contributed by atoms with Crippen molar-refractivity contribution < 1.29 is 8.83 Å². The highest BCUT2D eigenvalue weighted by atomic mass is 16.3. The molecule has 0 saturated heterocycles. The first-order chi connectivity index (χ1) is 29.0. The maximum atomic E-state index is 6.41. The van der Waals surface area contributed by atoms with Gasteiger partial charge in [-0.05, 0) is 95.8 Å². The van der Waals surface area contributed by atoms with Crippen molar-refractivity contribution in [2.24, 2.45) is 0 Å². The highest BCUT2D eigenvalue weighted by Gasteiger charge is 2.17. The Kier molecular flexibility index (Phi) is 8.27. The number of para-hydroxylation sites is 4. The smallest absolute Gasteiger partial charge is 0.143 e. The average molecular weight is 758 g/mol. The summed E-state index contributed by atoms with van der Waals surface area (Å²) in [5.41, 5.74) is 18.6. The fourth-order valence-electron chi connectivity index (χ4n) is 8.78. The lowest BCUT2D eigenvalue weighted by molar-refractivity contribution is 0.669. The van der Waals surface area contributed by atoms with E-state index in [4.69, 9.17) is 8.83 Å². The van der Waals surface area contributed by atoms with Crippen LogP contribution in [-0.2, 0) is 0 Å². The van der Waals surface area contributed by atoms with E-state index in [2.05, 4.69) is 195 Å². The van der Waals surface area contributed by atoms with Gasteiger partial charge in [0.15, 0.2) is 0 Å². The number of aryl methyl sites for hydroxylation is 2. The molecule has 2 heterocycles. The Bertz CT molecular complexity index is 3140. The van der Waals surface area contributed by atoms with Crippen LogP contribution in [0.5, 0.6) is 0 Å². The maximum Gasteiger partial charge on any atom is 0.143 e. The molecule has 11 rings (SSSR count). The Morgan fingerprint density at radius 1 is 0.305 bits per heavy atom. The van der Waals surface area contributed by atoms with Crippen LogP contribution in [0.1, 0.15) is 11.1 Å². The minimum absolute atomic E-state index is 0.901. The van der Waals surface area contributed by atoms with E-state index in [1.54, 1.807) is 0 Å². The van der Waals surface area contributed by atoms with Crippen LogP contribution in [0.25, 0.3) is 88.4 Å². The van der Waals surface area contributed by atoms with Crippen molar-refractivity contribution in [1.82, 2.24) is 0 Å². The quantitative estimate of drug-likeness (QED) is 0.162. The van der Waals surface area contributed by atoms with Crippen LogP contribution in [0, 0.1) is 13.8 Å². The number of anilines is 3. The van der Waals surface area contributed by atoms with Gasteiger partial charge in [0.2, 0.25) is 0 Å². The van der Waals surface area contributed by atoms with Crippen LogP contribution in [0.3, 0.4) is 0 Å². The number of fused-ring (bicyclic) bond motifs is 6. The fourth-order valence-corrected chi connectivity index (χ4v) is 8.78. The van der Waals surface area contributed by atoms with Crippen molar-refractivity contribution in [3.8, 4) is 44.5 Å². The second-order valence-corrected chi connectivity index (χ2v) is 15.5. The SMILES string of the molecule is Cc1cc(C)cc(-c2ccc(-c3ccc(N(c4ccc(-c5cccc6c5oc5ccccc56)cc4)c4ccc(-c5cccc6c5oc5ccccc56)cc4)cc3)cc2)c1. The molecule has 0 radical (unpaired) electrons. The molecule has 0 aliphatic rings. The van der Waals surface area contributed by atoms with Crippen molar-refractivity contribution in [3.63, 3.8) is 0 Å². The molecule has 2 aromatic heterocycles. The van der Waals surface area contributed by atoms with Gasteiger partial charge >= 0.3 is 0 Å². The Hall–Kier alpha value is -7.62. The largest absolute Gasteiger partial charge is 0.455 e. The molecule has 0 unspecified atom stereocenters. The van der Waals surface area contributed by atoms with Gasteiger partial charge in [-0.1, -0.05) is 163 Å². The standard InChI is InChI=1S/C56H39NO2/c1-36-33-37(2)35-43(34-36)40-19-17-38(18-20-40)39-21-27-44(28-22-39)57(45-29-23-41(24-30-45)47-11-7-13-51-49-9-3-5-15-53(49)58-55(47)51)46-31-25-42(26-32-46)48-12-8-14-52-50-10-4-6-16-54(50)59-56(48)52/h3-35H,1-2H3. The van der Waals surface area contributed by atoms with Crippen molar-refractivity contribution in [3.05, 3.63) is 211 Å². The van der Waals surface area contributed by atoms with E-state index < -0.39 is 0 Å². The van der Waals surface area contributed by atoms with E-state index in [-0.39, 0.29) is 0 Å². The first kappa shape index (κ1) is 34.6. The third kappa shape index (κ3) is 6.16. The number of furan rings is 2. The molecule has 9 aromatic carbocycles. The Labute approximate surface area is 343 Å². The summed E-state index contributed by atoms with van der Waals surface area (Å²) in [6, 6.07) is 71.5. The molecule has 11 aromatic rings. The summed E-state index contributed by atoms with van der Waals surface area (Å²) in [5.74, 6) is 0. The summed E-state index contributed by atoms with van der Waals surface area (Å²) in [6.45, 7) is 4.31. The van der Waals surface area contributed by atoms with Gasteiger partial charge in [-0.25, -0.2) is 0 Å². The highest BCUT2D eigenvalue weighted by Crippen LogP contribution is 2.41. The van der Waals surface area contributed by atoms with Gasteiger partial charge < -0.3 is 13.7 Å².